The van der Waals surface area contributed by atoms with Crippen LogP contribution in [0, 0.1) is 11.8 Å². The number of hydrazine groups is 1. The number of amides is 2. The number of likely N-dealkylation sites (tertiary alicyclic amines) is 1. The van der Waals surface area contributed by atoms with Gasteiger partial charge in [0.2, 0.25) is 18.6 Å². The molecule has 0 saturated carbocycles. The molecule has 5 rings (SSSR count). The zero-order valence-electron chi connectivity index (χ0n) is 16.2. The van der Waals surface area contributed by atoms with Crippen LogP contribution in [0.25, 0.3) is 0 Å². The Balaban J connectivity index is 1.24. The molecule has 29 heavy (non-hydrogen) atoms. The molecule has 9 nitrogen and oxygen atoms in total. The first-order chi connectivity index (χ1) is 14.2. The lowest BCUT2D eigenvalue weighted by atomic mass is 9.83. The average molecular weight is 402 g/mol. The number of fused-ring (bicyclic) bond motifs is 2. The van der Waals surface area contributed by atoms with Crippen molar-refractivity contribution in [3.05, 3.63) is 23.8 Å². The number of benzene rings is 1. The van der Waals surface area contributed by atoms with Crippen molar-refractivity contribution in [2.24, 2.45) is 11.8 Å². The van der Waals surface area contributed by atoms with E-state index in [0.717, 1.165) is 37.3 Å². The van der Waals surface area contributed by atoms with Gasteiger partial charge in [-0.25, -0.2) is 5.43 Å². The molecular weight excluding hydrogens is 376 g/mol. The van der Waals surface area contributed by atoms with Gasteiger partial charge in [0, 0.05) is 32.8 Å². The molecule has 1 aromatic carbocycles. The fraction of sp³-hybridized carbons (Fsp3) is 0.600. The highest BCUT2D eigenvalue weighted by Crippen LogP contribution is 2.32. The van der Waals surface area contributed by atoms with Gasteiger partial charge in [0.15, 0.2) is 11.5 Å². The second kappa shape index (κ2) is 7.81. The molecule has 4 atom stereocenters. The van der Waals surface area contributed by atoms with Crippen LogP contribution in [0.15, 0.2) is 18.2 Å². The van der Waals surface area contributed by atoms with Crippen LogP contribution in [0.5, 0.6) is 11.5 Å². The van der Waals surface area contributed by atoms with Gasteiger partial charge in [0.25, 0.3) is 0 Å². The fourth-order valence-corrected chi connectivity index (χ4v) is 4.68. The van der Waals surface area contributed by atoms with E-state index in [1.54, 1.807) is 0 Å². The van der Waals surface area contributed by atoms with E-state index in [9.17, 15) is 9.59 Å². The minimum atomic E-state index is -0.317. The Morgan fingerprint density at radius 1 is 1.24 bits per heavy atom. The van der Waals surface area contributed by atoms with Gasteiger partial charge in [-0.15, -0.1) is 0 Å². The molecule has 156 valence electrons. The number of nitrogens with one attached hydrogen (secondary N) is 3. The van der Waals surface area contributed by atoms with E-state index in [-0.39, 0.29) is 42.6 Å². The number of rotatable bonds is 5. The summed E-state index contributed by atoms with van der Waals surface area (Å²) in [5.74, 6) is 0.776. The smallest absolute Gasteiger partial charge is 0.240 e. The lowest BCUT2D eigenvalue weighted by Crippen LogP contribution is -2.57. The van der Waals surface area contributed by atoms with Crippen molar-refractivity contribution >= 4 is 11.8 Å². The summed E-state index contributed by atoms with van der Waals surface area (Å²) < 4.78 is 16.5. The Hall–Kier alpha value is -2.36. The van der Waals surface area contributed by atoms with Crippen molar-refractivity contribution in [3.63, 3.8) is 0 Å². The van der Waals surface area contributed by atoms with Crippen molar-refractivity contribution < 1.29 is 23.8 Å². The van der Waals surface area contributed by atoms with E-state index in [4.69, 9.17) is 14.2 Å². The number of ether oxygens (including phenoxy) is 3. The van der Waals surface area contributed by atoms with Gasteiger partial charge in [-0.3, -0.25) is 19.9 Å². The lowest BCUT2D eigenvalue weighted by molar-refractivity contribution is -0.130. The molecule has 0 radical (unpaired) electrons. The summed E-state index contributed by atoms with van der Waals surface area (Å²) in [5, 5.41) is 3.03. The predicted molar refractivity (Wildman–Crippen MR) is 102 cm³/mol. The summed E-state index contributed by atoms with van der Waals surface area (Å²) in [6.07, 6.45) is 2.31. The van der Waals surface area contributed by atoms with Gasteiger partial charge in [-0.1, -0.05) is 6.07 Å². The third-order valence-corrected chi connectivity index (χ3v) is 6.20. The van der Waals surface area contributed by atoms with Crippen LogP contribution >= 0.6 is 0 Å². The summed E-state index contributed by atoms with van der Waals surface area (Å²) in [6, 6.07) is 5.46. The summed E-state index contributed by atoms with van der Waals surface area (Å²) in [7, 11) is 0. The summed E-state index contributed by atoms with van der Waals surface area (Å²) >= 11 is 0. The topological polar surface area (TPSA) is 101 Å². The second-order valence-corrected chi connectivity index (χ2v) is 8.13. The Morgan fingerprint density at radius 3 is 3.00 bits per heavy atom. The Bertz CT molecular complexity index is 797. The fourth-order valence-electron chi connectivity index (χ4n) is 4.68. The number of carbonyl (C=O) groups excluding carboxylic acids is 2. The van der Waals surface area contributed by atoms with E-state index in [1.807, 2.05) is 18.2 Å². The summed E-state index contributed by atoms with van der Waals surface area (Å²) in [6.45, 7) is 3.44. The van der Waals surface area contributed by atoms with Crippen LogP contribution in [0.4, 0.5) is 0 Å². The minimum absolute atomic E-state index is 0.0411. The molecule has 1 aromatic rings. The minimum Gasteiger partial charge on any atom is -0.454 e. The monoisotopic (exact) mass is 402 g/mol. The first-order valence-corrected chi connectivity index (χ1v) is 10.2. The van der Waals surface area contributed by atoms with Gasteiger partial charge in [-0.05, 0) is 30.5 Å². The zero-order valence-corrected chi connectivity index (χ0v) is 16.2. The maximum absolute atomic E-state index is 13.0. The largest absolute Gasteiger partial charge is 0.454 e. The van der Waals surface area contributed by atoms with E-state index in [0.29, 0.717) is 25.4 Å². The standard InChI is InChI=1S/C20H26N4O5/c25-19(21-7-12-3-4-16-17(6-12)29-11-28-16)14-9-24(8-13-2-1-5-27-13)10-15-18(14)22-23-20(15)26/h3-4,6,13-15,18,22H,1-2,5,7-11H2,(H,21,25)(H,23,26). The summed E-state index contributed by atoms with van der Waals surface area (Å²) in [4.78, 5) is 27.5. The zero-order chi connectivity index (χ0) is 19.8. The number of carbonyl (C=O) groups is 2. The maximum Gasteiger partial charge on any atom is 0.240 e. The molecule has 3 fully saturated rings. The van der Waals surface area contributed by atoms with Crippen LogP contribution < -0.4 is 25.6 Å². The molecule has 4 aliphatic rings. The molecule has 9 heteroatoms. The number of hydrogen-bond donors (Lipinski definition) is 3. The van der Waals surface area contributed by atoms with Crippen LogP contribution in [0.3, 0.4) is 0 Å². The molecule has 3 saturated heterocycles. The number of piperidine rings is 1. The predicted octanol–water partition coefficient (Wildman–Crippen LogP) is -0.238. The molecule has 0 spiro atoms. The highest BCUT2D eigenvalue weighted by atomic mass is 16.7. The van der Waals surface area contributed by atoms with Crippen molar-refractivity contribution in [3.8, 4) is 11.5 Å². The highest BCUT2D eigenvalue weighted by molar-refractivity contribution is 5.86. The molecule has 4 unspecified atom stereocenters. The Morgan fingerprint density at radius 2 is 2.14 bits per heavy atom. The van der Waals surface area contributed by atoms with E-state index in [2.05, 4.69) is 21.1 Å². The molecule has 3 N–H and O–H groups in total. The van der Waals surface area contributed by atoms with E-state index >= 15 is 0 Å². The molecule has 2 amide bonds. The van der Waals surface area contributed by atoms with Gasteiger partial charge in [-0.2, -0.15) is 0 Å². The number of hydrogen-bond acceptors (Lipinski definition) is 7. The molecular formula is C20H26N4O5. The van der Waals surface area contributed by atoms with Crippen molar-refractivity contribution in [1.82, 2.24) is 21.1 Å². The Kier molecular flexibility index (Phi) is 5.03. The molecule has 0 aliphatic carbocycles. The third kappa shape index (κ3) is 3.77. The third-order valence-electron chi connectivity index (χ3n) is 6.20. The van der Waals surface area contributed by atoms with Gasteiger partial charge >= 0.3 is 0 Å². The molecule has 0 aromatic heterocycles. The van der Waals surface area contributed by atoms with E-state index < -0.39 is 0 Å². The van der Waals surface area contributed by atoms with Crippen molar-refractivity contribution in [2.45, 2.75) is 31.5 Å². The quantitative estimate of drug-likeness (QED) is 0.625. The molecule has 4 heterocycles. The van der Waals surface area contributed by atoms with Crippen LogP contribution in [-0.2, 0) is 20.9 Å². The maximum atomic E-state index is 13.0. The SMILES string of the molecule is O=C(NCc1ccc2c(c1)OCO2)C1CN(CC2CCCO2)CC2C(=O)NNC12. The van der Waals surface area contributed by atoms with Crippen molar-refractivity contribution in [1.29, 1.82) is 0 Å². The Labute approximate surface area is 169 Å². The number of nitrogens with zero attached hydrogens (tertiary/aromatic N) is 1. The van der Waals surface area contributed by atoms with Gasteiger partial charge < -0.3 is 19.5 Å². The van der Waals surface area contributed by atoms with E-state index in [1.165, 1.54) is 0 Å². The molecule has 0 bridgehead atoms. The van der Waals surface area contributed by atoms with Crippen molar-refractivity contribution in [2.75, 3.05) is 33.0 Å². The van der Waals surface area contributed by atoms with Crippen LogP contribution in [0.1, 0.15) is 18.4 Å². The first-order valence-electron chi connectivity index (χ1n) is 10.2. The average Bonchev–Trinajstić information content (AvgIpc) is 3.47. The first kappa shape index (κ1) is 18.7. The van der Waals surface area contributed by atoms with Crippen LogP contribution in [0.2, 0.25) is 0 Å². The van der Waals surface area contributed by atoms with Crippen LogP contribution in [-0.4, -0.2) is 61.9 Å². The second-order valence-electron chi connectivity index (χ2n) is 8.13. The lowest BCUT2D eigenvalue weighted by Gasteiger charge is -2.39. The normalized spacial score (nSPS) is 30.8. The summed E-state index contributed by atoms with van der Waals surface area (Å²) in [5.41, 5.74) is 6.68. The highest BCUT2D eigenvalue weighted by Gasteiger charge is 2.47. The van der Waals surface area contributed by atoms with Gasteiger partial charge in [0.1, 0.15) is 0 Å². The van der Waals surface area contributed by atoms with Gasteiger partial charge in [0.05, 0.1) is 24.0 Å². The molecule has 4 aliphatic heterocycles.